The van der Waals surface area contributed by atoms with Crippen LogP contribution in [0, 0.1) is 55.4 Å². The highest BCUT2D eigenvalue weighted by Crippen LogP contribution is 2.59. The van der Waals surface area contributed by atoms with Gasteiger partial charge < -0.3 is 9.80 Å². The monoisotopic (exact) mass is 877 g/mol. The third kappa shape index (κ3) is 8.52. The summed E-state index contributed by atoms with van der Waals surface area (Å²) >= 11 is 0. The van der Waals surface area contributed by atoms with Gasteiger partial charge in [-0.3, -0.25) is 0 Å². The van der Waals surface area contributed by atoms with Crippen LogP contribution in [0.1, 0.15) is 117 Å². The molecular formula is C65H68N2. The van der Waals surface area contributed by atoms with E-state index in [4.69, 9.17) is 0 Å². The van der Waals surface area contributed by atoms with Crippen molar-refractivity contribution in [3.8, 4) is 11.1 Å². The van der Waals surface area contributed by atoms with Crippen LogP contribution in [0.4, 0.5) is 34.1 Å². The summed E-state index contributed by atoms with van der Waals surface area (Å²) in [7, 11) is 0. The maximum atomic E-state index is 2.53. The number of aryl methyl sites for hydroxylation is 10. The highest BCUT2D eigenvalue weighted by Gasteiger charge is 2.47. The number of benzene rings is 8. The lowest BCUT2D eigenvalue weighted by atomic mass is 9.67. The van der Waals surface area contributed by atoms with Crippen LogP contribution in [0.2, 0.25) is 0 Å². The molecule has 2 heteroatoms. The molecule has 9 rings (SSSR count). The molecule has 8 aromatic carbocycles. The van der Waals surface area contributed by atoms with E-state index in [2.05, 4.69) is 237 Å². The zero-order chi connectivity index (χ0) is 47.0. The second kappa shape index (κ2) is 18.9. The lowest BCUT2D eigenvalue weighted by Gasteiger charge is -2.36. The molecule has 0 aliphatic heterocycles. The lowest BCUT2D eigenvalue weighted by molar-refractivity contribution is 0.767. The predicted octanol–water partition coefficient (Wildman–Crippen LogP) is 18.1. The van der Waals surface area contributed by atoms with Gasteiger partial charge in [0.25, 0.3) is 0 Å². The fourth-order valence-electron chi connectivity index (χ4n) is 11.0. The second-order valence-corrected chi connectivity index (χ2v) is 19.6. The lowest BCUT2D eigenvalue weighted by Crippen LogP contribution is -2.29. The van der Waals surface area contributed by atoms with Gasteiger partial charge in [-0.05, 0) is 196 Å². The van der Waals surface area contributed by atoms with Gasteiger partial charge in [-0.15, -0.1) is 0 Å². The fourth-order valence-corrected chi connectivity index (χ4v) is 11.0. The molecule has 8 aromatic rings. The van der Waals surface area contributed by atoms with Crippen LogP contribution in [0.15, 0.2) is 158 Å². The maximum absolute atomic E-state index is 2.53. The third-order valence-corrected chi connectivity index (χ3v) is 14.4. The number of hydrogen-bond donors (Lipinski definition) is 0. The third-order valence-electron chi connectivity index (χ3n) is 14.4. The minimum atomic E-state index is -0.627. The number of fused-ring (bicyclic) bond motifs is 3. The van der Waals surface area contributed by atoms with Gasteiger partial charge in [-0.2, -0.15) is 0 Å². The average Bonchev–Trinajstić information content (AvgIpc) is 3.60. The summed E-state index contributed by atoms with van der Waals surface area (Å²) in [5, 5.41) is 0. The Bertz CT molecular complexity index is 2790. The number of unbranched alkanes of at least 4 members (excludes halogenated alkanes) is 2. The fraction of sp³-hybridized carbons (Fsp3) is 0.262. The molecule has 0 heterocycles. The molecule has 0 aromatic heterocycles. The first-order chi connectivity index (χ1) is 32.4. The van der Waals surface area contributed by atoms with Crippen molar-refractivity contribution in [2.75, 3.05) is 9.80 Å². The zero-order valence-electron chi connectivity index (χ0n) is 41.6. The highest BCUT2D eigenvalue weighted by atomic mass is 15.2. The summed E-state index contributed by atoms with van der Waals surface area (Å²) in [6.45, 7) is 22.5. The van der Waals surface area contributed by atoms with Crippen molar-refractivity contribution >= 4 is 34.1 Å². The van der Waals surface area contributed by atoms with Gasteiger partial charge in [-0.25, -0.2) is 0 Å². The molecule has 1 aliphatic rings. The summed E-state index contributed by atoms with van der Waals surface area (Å²) in [5.74, 6) is 0. The molecule has 0 amide bonds. The van der Waals surface area contributed by atoms with E-state index in [0.29, 0.717) is 0 Å². The first kappa shape index (κ1) is 45.5. The van der Waals surface area contributed by atoms with E-state index in [1.807, 2.05) is 0 Å². The van der Waals surface area contributed by atoms with Crippen molar-refractivity contribution < 1.29 is 0 Å². The van der Waals surface area contributed by atoms with E-state index in [9.17, 15) is 0 Å². The zero-order valence-corrected chi connectivity index (χ0v) is 41.6. The standard InChI is InChI=1S/C65H68N2/c1-11-13-15-51-37-47(7)63(48(8)38-51)66(55-29-21-45(5)22-30-55)57-33-35-59-60-36-34-58(67(56-31-23-46(6)24-32-56)64-49(9)39-52(16-14-12-2)40-50(64)10)42-62(60)65(61(59)41-57,53-25-17-43(3)18-26-53)54-27-19-44(4)20-28-54/h17-42H,11-16H2,1-10H3. The van der Waals surface area contributed by atoms with E-state index in [1.54, 1.807) is 0 Å². The van der Waals surface area contributed by atoms with E-state index in [1.165, 1.54) is 126 Å². The Morgan fingerprint density at radius 2 is 0.642 bits per heavy atom. The smallest absolute Gasteiger partial charge is 0.0715 e. The molecule has 0 fully saturated rings. The van der Waals surface area contributed by atoms with Crippen molar-refractivity contribution in [2.45, 2.75) is 113 Å². The van der Waals surface area contributed by atoms with Crippen LogP contribution in [-0.4, -0.2) is 0 Å². The van der Waals surface area contributed by atoms with Gasteiger partial charge in [0, 0.05) is 22.7 Å². The van der Waals surface area contributed by atoms with Gasteiger partial charge in [0.2, 0.25) is 0 Å². The normalized spacial score (nSPS) is 12.5. The quantitative estimate of drug-likeness (QED) is 0.107. The molecule has 338 valence electrons. The first-order valence-electron chi connectivity index (χ1n) is 24.8. The van der Waals surface area contributed by atoms with Crippen LogP contribution in [0.3, 0.4) is 0 Å². The molecule has 0 atom stereocenters. The van der Waals surface area contributed by atoms with Gasteiger partial charge in [0.05, 0.1) is 16.8 Å². The first-order valence-corrected chi connectivity index (χ1v) is 24.8. The number of rotatable bonds is 14. The predicted molar refractivity (Wildman–Crippen MR) is 288 cm³/mol. The largest absolute Gasteiger partial charge is 0.310 e. The summed E-state index contributed by atoms with van der Waals surface area (Å²) in [6, 6.07) is 61.2. The minimum Gasteiger partial charge on any atom is -0.310 e. The van der Waals surface area contributed by atoms with Gasteiger partial charge in [0.1, 0.15) is 0 Å². The Labute approximate surface area is 402 Å². The summed E-state index contributed by atoms with van der Waals surface area (Å²) in [6.07, 6.45) is 6.97. The van der Waals surface area contributed by atoms with Crippen LogP contribution in [-0.2, 0) is 18.3 Å². The van der Waals surface area contributed by atoms with E-state index >= 15 is 0 Å². The molecule has 1 aliphatic carbocycles. The molecule has 67 heavy (non-hydrogen) atoms. The van der Waals surface area contributed by atoms with Gasteiger partial charge >= 0.3 is 0 Å². The molecule has 0 saturated heterocycles. The SMILES string of the molecule is CCCCc1cc(C)c(N(c2ccc(C)cc2)c2ccc3c(c2)C(c2ccc(C)cc2)(c2ccc(C)cc2)c2cc(N(c4ccc(C)cc4)c4c(C)cc(CCCC)cc4C)ccc2-3)c(C)c1. The van der Waals surface area contributed by atoms with Crippen LogP contribution in [0.5, 0.6) is 0 Å². The minimum absolute atomic E-state index is 0.627. The van der Waals surface area contributed by atoms with E-state index < -0.39 is 5.41 Å². The van der Waals surface area contributed by atoms with Crippen LogP contribution in [0.25, 0.3) is 11.1 Å². The summed E-state index contributed by atoms with van der Waals surface area (Å²) < 4.78 is 0. The molecule has 0 saturated carbocycles. The van der Waals surface area contributed by atoms with Crippen molar-refractivity contribution in [2.24, 2.45) is 0 Å². The van der Waals surface area contributed by atoms with Crippen molar-refractivity contribution in [3.63, 3.8) is 0 Å². The van der Waals surface area contributed by atoms with E-state index in [-0.39, 0.29) is 0 Å². The van der Waals surface area contributed by atoms with Crippen LogP contribution >= 0.6 is 0 Å². The Hall–Kier alpha value is -6.64. The molecule has 2 nitrogen and oxygen atoms in total. The molecular weight excluding hydrogens is 809 g/mol. The van der Waals surface area contributed by atoms with E-state index in [0.717, 1.165) is 35.6 Å². The Balaban J connectivity index is 1.33. The Kier molecular flexibility index (Phi) is 12.9. The second-order valence-electron chi connectivity index (χ2n) is 19.6. The van der Waals surface area contributed by atoms with Crippen LogP contribution < -0.4 is 9.80 Å². The molecule has 0 spiro atoms. The Morgan fingerprint density at radius 3 is 0.955 bits per heavy atom. The molecule has 0 unspecified atom stereocenters. The van der Waals surface area contributed by atoms with Gasteiger partial charge in [-0.1, -0.05) is 158 Å². The highest BCUT2D eigenvalue weighted by molar-refractivity contribution is 5.93. The molecule has 0 N–H and O–H groups in total. The van der Waals surface area contributed by atoms with Gasteiger partial charge in [0.15, 0.2) is 0 Å². The number of anilines is 6. The van der Waals surface area contributed by atoms with Crippen molar-refractivity contribution in [3.05, 3.63) is 236 Å². The van der Waals surface area contributed by atoms with Crippen molar-refractivity contribution in [1.82, 2.24) is 0 Å². The topological polar surface area (TPSA) is 6.48 Å². The summed E-state index contributed by atoms with van der Waals surface area (Å²) in [4.78, 5) is 5.04. The summed E-state index contributed by atoms with van der Waals surface area (Å²) in [5.41, 5.74) is 27.2. The maximum Gasteiger partial charge on any atom is 0.0715 e. The molecule has 0 bridgehead atoms. The number of nitrogens with zero attached hydrogens (tertiary/aromatic N) is 2. The Morgan fingerprint density at radius 1 is 0.343 bits per heavy atom. The van der Waals surface area contributed by atoms with Crippen molar-refractivity contribution in [1.29, 1.82) is 0 Å². The number of hydrogen-bond acceptors (Lipinski definition) is 2. The average molecular weight is 877 g/mol. The molecule has 0 radical (unpaired) electrons.